The highest BCUT2D eigenvalue weighted by Crippen LogP contribution is 2.40. The molecule has 1 amide bonds. The number of nitroso groups, excluding NO2 is 1. The predicted molar refractivity (Wildman–Crippen MR) is 125 cm³/mol. The molecule has 0 radical (unpaired) electrons. The van der Waals surface area contributed by atoms with E-state index in [2.05, 4.69) is 9.90 Å². The summed E-state index contributed by atoms with van der Waals surface area (Å²) in [5, 5.41) is 12.5. The summed E-state index contributed by atoms with van der Waals surface area (Å²) in [6, 6.07) is -2.57. The Labute approximate surface area is 199 Å². The molecule has 9 nitrogen and oxygen atoms in total. The molecule has 0 aromatic carbocycles. The molecule has 1 aliphatic heterocycles. The Kier molecular flexibility index (Phi) is 9.55. The molecule has 2 aliphatic carbocycles. The van der Waals surface area contributed by atoms with Gasteiger partial charge in [0, 0.05) is 22.6 Å². The molecule has 6 atom stereocenters. The molecule has 0 spiro atoms. The summed E-state index contributed by atoms with van der Waals surface area (Å²) in [5.74, 6) is -1.46. The molecule has 2 saturated carbocycles. The van der Waals surface area contributed by atoms with Gasteiger partial charge in [0.2, 0.25) is 5.91 Å². The van der Waals surface area contributed by atoms with E-state index in [1.54, 1.807) is 18.7 Å². The lowest BCUT2D eigenvalue weighted by Crippen LogP contribution is -2.58. The number of nitrogens with zero attached hydrogens (tertiary/aromatic N) is 2. The maximum Gasteiger partial charge on any atom is 0.326 e. The summed E-state index contributed by atoms with van der Waals surface area (Å²) in [4.78, 5) is 51.2. The number of nitrogens with one attached hydrogen (secondary N) is 1. The van der Waals surface area contributed by atoms with Crippen LogP contribution in [0, 0.1) is 16.7 Å². The van der Waals surface area contributed by atoms with Crippen LogP contribution in [0.15, 0.2) is 4.58 Å². The van der Waals surface area contributed by atoms with Gasteiger partial charge in [-0.25, -0.2) is 4.79 Å². The smallest absolute Gasteiger partial charge is 0.326 e. The number of hydrogen-bond acceptors (Lipinski definition) is 8. The van der Waals surface area contributed by atoms with E-state index in [0.29, 0.717) is 6.42 Å². The number of esters is 1. The zero-order chi connectivity index (χ0) is 24.0. The van der Waals surface area contributed by atoms with Crippen molar-refractivity contribution in [3.63, 3.8) is 0 Å². The van der Waals surface area contributed by atoms with Gasteiger partial charge in [-0.2, -0.15) is 0 Å². The molecular weight excluding hydrogens is 446 g/mol. The van der Waals surface area contributed by atoms with E-state index in [4.69, 9.17) is 4.74 Å². The highest BCUT2D eigenvalue weighted by Gasteiger charge is 2.49. The Hall–Kier alpha value is -1.68. The minimum atomic E-state index is -0.979. The fraction of sp³-hybridized carbons (Fsp3) is 0.870. The van der Waals surface area contributed by atoms with E-state index < -0.39 is 35.3 Å². The van der Waals surface area contributed by atoms with Crippen LogP contribution in [0.25, 0.3) is 0 Å². The molecule has 33 heavy (non-hydrogen) atoms. The molecule has 3 aliphatic rings. The number of carboxylic acid groups (broad SMARTS) is 1. The van der Waals surface area contributed by atoms with Crippen LogP contribution in [0.3, 0.4) is 0 Å². The standard InChI is InChI=1S/C23H37N3O6S/c1-3-32-23(30)19(20(33-25-31)15-9-5-4-6-10-15)24-14(2)21(27)26-17-12-8-7-11-16(17)13-18(26)22(28)29/h14-20,24H,3-13H2,1-2H3,(H,28,29)/t14-,16?,17?,18+,19?,20?/m1/s1. The van der Waals surface area contributed by atoms with Gasteiger partial charge < -0.3 is 14.7 Å². The lowest BCUT2D eigenvalue weighted by molar-refractivity contribution is -0.152. The van der Waals surface area contributed by atoms with Gasteiger partial charge in [0.25, 0.3) is 0 Å². The van der Waals surface area contributed by atoms with Gasteiger partial charge in [0.15, 0.2) is 0 Å². The van der Waals surface area contributed by atoms with E-state index in [1.807, 2.05) is 0 Å². The number of likely N-dealkylation sites (tertiary alicyclic amines) is 1. The second kappa shape index (κ2) is 12.1. The molecule has 10 heteroatoms. The van der Waals surface area contributed by atoms with Gasteiger partial charge in [-0.1, -0.05) is 32.1 Å². The Morgan fingerprint density at radius 2 is 1.79 bits per heavy atom. The first kappa shape index (κ1) is 25.9. The third-order valence-corrected chi connectivity index (χ3v) is 8.56. The second-order valence-corrected chi connectivity index (χ2v) is 10.5. The summed E-state index contributed by atoms with van der Waals surface area (Å²) in [6.45, 7) is 3.57. The third-order valence-electron chi connectivity index (χ3n) is 7.58. The van der Waals surface area contributed by atoms with Crippen molar-refractivity contribution in [3.05, 3.63) is 4.91 Å². The fourth-order valence-electron chi connectivity index (χ4n) is 6.02. The number of carboxylic acids is 1. The van der Waals surface area contributed by atoms with Crippen molar-refractivity contribution >= 4 is 29.8 Å². The fourth-order valence-corrected chi connectivity index (χ4v) is 6.88. The van der Waals surface area contributed by atoms with Crippen LogP contribution in [0.5, 0.6) is 0 Å². The van der Waals surface area contributed by atoms with Gasteiger partial charge in [-0.05, 0) is 57.8 Å². The molecular formula is C23H37N3O6S. The van der Waals surface area contributed by atoms with Crippen molar-refractivity contribution < 1.29 is 24.2 Å². The summed E-state index contributed by atoms with van der Waals surface area (Å²) in [7, 11) is 0. The van der Waals surface area contributed by atoms with Crippen LogP contribution in [0.2, 0.25) is 0 Å². The Balaban J connectivity index is 1.80. The Morgan fingerprint density at radius 3 is 2.42 bits per heavy atom. The average molecular weight is 484 g/mol. The van der Waals surface area contributed by atoms with E-state index in [-0.39, 0.29) is 30.4 Å². The van der Waals surface area contributed by atoms with Crippen LogP contribution in [0.1, 0.15) is 78.1 Å². The normalized spacial score (nSPS) is 28.4. The SMILES string of the molecule is CCOC(=O)C(N[C@H](C)C(=O)N1C2CCCCC2C[C@H]1C(=O)O)C(SN=O)C1CCCCC1. The summed E-state index contributed by atoms with van der Waals surface area (Å²) >= 11 is 0.842. The van der Waals surface area contributed by atoms with Gasteiger partial charge in [0.1, 0.15) is 12.1 Å². The highest BCUT2D eigenvalue weighted by molar-refractivity contribution is 7.98. The third kappa shape index (κ3) is 6.07. The monoisotopic (exact) mass is 483 g/mol. The van der Waals surface area contributed by atoms with Crippen molar-refractivity contribution in [2.45, 2.75) is 107 Å². The van der Waals surface area contributed by atoms with Gasteiger partial charge in [-0.3, -0.25) is 14.9 Å². The van der Waals surface area contributed by atoms with Crippen LogP contribution >= 0.6 is 11.9 Å². The minimum absolute atomic E-state index is 0.0715. The molecule has 1 heterocycles. The summed E-state index contributed by atoms with van der Waals surface area (Å²) in [5.41, 5.74) is 0. The Morgan fingerprint density at radius 1 is 1.12 bits per heavy atom. The molecule has 2 N–H and O–H groups in total. The quantitative estimate of drug-likeness (QED) is 0.275. The van der Waals surface area contributed by atoms with Crippen molar-refractivity contribution in [2.24, 2.45) is 16.4 Å². The lowest BCUT2D eigenvalue weighted by atomic mass is 9.84. The topological polar surface area (TPSA) is 125 Å². The first-order valence-corrected chi connectivity index (χ1v) is 13.2. The first-order chi connectivity index (χ1) is 15.9. The van der Waals surface area contributed by atoms with Crippen LogP contribution in [-0.2, 0) is 19.1 Å². The number of carbonyl (C=O) groups excluding carboxylic acids is 2. The van der Waals surface area contributed by atoms with Crippen molar-refractivity contribution in [1.82, 2.24) is 10.2 Å². The maximum atomic E-state index is 13.5. The van der Waals surface area contributed by atoms with E-state index in [0.717, 1.165) is 69.7 Å². The second-order valence-electron chi connectivity index (χ2n) is 9.61. The molecule has 3 rings (SSSR count). The van der Waals surface area contributed by atoms with Crippen molar-refractivity contribution in [1.29, 1.82) is 0 Å². The molecule has 4 unspecified atom stereocenters. The molecule has 1 saturated heterocycles. The number of aliphatic carboxylic acids is 1. The van der Waals surface area contributed by atoms with Gasteiger partial charge in [-0.15, -0.1) is 4.91 Å². The minimum Gasteiger partial charge on any atom is -0.480 e. The Bertz CT molecular complexity index is 716. The molecule has 3 fully saturated rings. The molecule has 0 bridgehead atoms. The maximum absolute atomic E-state index is 13.5. The van der Waals surface area contributed by atoms with E-state index >= 15 is 0 Å². The zero-order valence-corrected chi connectivity index (χ0v) is 20.4. The first-order valence-electron chi connectivity index (χ1n) is 12.3. The number of amides is 1. The van der Waals surface area contributed by atoms with E-state index in [1.165, 1.54) is 0 Å². The van der Waals surface area contributed by atoms with Crippen molar-refractivity contribution in [3.8, 4) is 0 Å². The van der Waals surface area contributed by atoms with Crippen LogP contribution < -0.4 is 5.32 Å². The number of fused-ring (bicyclic) bond motifs is 1. The van der Waals surface area contributed by atoms with Crippen molar-refractivity contribution in [2.75, 3.05) is 6.61 Å². The average Bonchev–Trinajstić information content (AvgIpc) is 3.21. The van der Waals surface area contributed by atoms with E-state index in [9.17, 15) is 24.4 Å². The molecule has 0 aromatic rings. The highest BCUT2D eigenvalue weighted by atomic mass is 32.2. The largest absolute Gasteiger partial charge is 0.480 e. The number of rotatable bonds is 10. The predicted octanol–water partition coefficient (Wildman–Crippen LogP) is 3.50. The van der Waals surface area contributed by atoms with Gasteiger partial charge in [0.05, 0.1) is 17.9 Å². The lowest BCUT2D eigenvalue weighted by Gasteiger charge is -2.37. The van der Waals surface area contributed by atoms with Crippen LogP contribution in [-0.4, -0.2) is 63.9 Å². The number of hydrogen-bond donors (Lipinski definition) is 2. The van der Waals surface area contributed by atoms with Gasteiger partial charge >= 0.3 is 11.9 Å². The zero-order valence-electron chi connectivity index (χ0n) is 19.6. The van der Waals surface area contributed by atoms with Crippen LogP contribution in [0.4, 0.5) is 0 Å². The molecule has 186 valence electrons. The number of ether oxygens (including phenoxy) is 1. The summed E-state index contributed by atoms with van der Waals surface area (Å²) < 4.78 is 8.34. The number of carbonyl (C=O) groups is 3. The molecule has 0 aromatic heterocycles. The summed E-state index contributed by atoms with van der Waals surface area (Å²) in [6.07, 6.45) is 9.25.